The number of esters is 1. The number of phenolic OH excluding ortho intramolecular Hbond substituents is 2. The van der Waals surface area contributed by atoms with Crippen LogP contribution >= 0.6 is 0 Å². The van der Waals surface area contributed by atoms with Crippen molar-refractivity contribution in [1.82, 2.24) is 0 Å². The van der Waals surface area contributed by atoms with Crippen molar-refractivity contribution in [1.29, 1.82) is 0 Å². The van der Waals surface area contributed by atoms with E-state index in [1.165, 1.54) is 0 Å². The van der Waals surface area contributed by atoms with Crippen LogP contribution in [-0.2, 0) is 11.2 Å². The van der Waals surface area contributed by atoms with Crippen molar-refractivity contribution in [2.45, 2.75) is 46.5 Å². The molecular weight excluding hydrogens is 344 g/mol. The highest BCUT2D eigenvalue weighted by molar-refractivity contribution is 5.97. The Labute approximate surface area is 161 Å². The number of aromatic hydroxyl groups is 2. The summed E-state index contributed by atoms with van der Waals surface area (Å²) in [7, 11) is 0. The molecule has 148 valence electrons. The number of carbonyl (C=O) groups excluding carboxylic acids is 1. The molecule has 0 saturated heterocycles. The average Bonchev–Trinajstić information content (AvgIpc) is 2.59. The highest BCUT2D eigenvalue weighted by Gasteiger charge is 2.30. The Kier molecular flexibility index (Phi) is 7.08. The number of ether oxygens (including phenoxy) is 1. The third-order valence-corrected chi connectivity index (χ3v) is 5.04. The molecule has 0 fully saturated rings. The van der Waals surface area contributed by atoms with Crippen LogP contribution in [0.2, 0.25) is 0 Å². The number of hydrogen-bond donors (Lipinski definition) is 3. The van der Waals surface area contributed by atoms with Crippen LogP contribution in [0.25, 0.3) is 5.57 Å². The number of aliphatic hydroxyl groups excluding tert-OH is 1. The van der Waals surface area contributed by atoms with Crippen molar-refractivity contribution < 1.29 is 24.9 Å². The van der Waals surface area contributed by atoms with Crippen molar-refractivity contribution in [3.05, 3.63) is 41.0 Å². The molecule has 0 aliphatic heterocycles. The minimum atomic E-state index is -0.692. The zero-order valence-corrected chi connectivity index (χ0v) is 16.4. The summed E-state index contributed by atoms with van der Waals surface area (Å²) in [4.78, 5) is 12.5. The normalized spacial score (nSPS) is 19.5. The first-order chi connectivity index (χ1) is 12.8. The van der Waals surface area contributed by atoms with Gasteiger partial charge in [-0.1, -0.05) is 38.5 Å². The number of hydrogen-bond acceptors (Lipinski definition) is 5. The van der Waals surface area contributed by atoms with Gasteiger partial charge in [0.05, 0.1) is 12.2 Å². The SMILES string of the molecule is C=C(C)[C@@H]1CCC(C)C=C1c1c(O)cc(CCC)c(C(=O)OCCO)c1O. The predicted octanol–water partition coefficient (Wildman–Crippen LogP) is 4.21. The third-order valence-electron chi connectivity index (χ3n) is 5.04. The van der Waals surface area contributed by atoms with E-state index in [0.29, 0.717) is 17.9 Å². The van der Waals surface area contributed by atoms with Crippen LogP contribution in [0, 0.1) is 11.8 Å². The predicted molar refractivity (Wildman–Crippen MR) is 106 cm³/mol. The summed E-state index contributed by atoms with van der Waals surface area (Å²) >= 11 is 0. The number of phenols is 2. The molecule has 3 N–H and O–H groups in total. The van der Waals surface area contributed by atoms with E-state index < -0.39 is 5.97 Å². The minimum Gasteiger partial charge on any atom is -0.507 e. The summed E-state index contributed by atoms with van der Waals surface area (Å²) in [6, 6.07) is 1.55. The quantitative estimate of drug-likeness (QED) is 0.492. The van der Waals surface area contributed by atoms with E-state index in [0.717, 1.165) is 30.4 Å². The Morgan fingerprint density at radius 3 is 2.63 bits per heavy atom. The van der Waals surface area contributed by atoms with Gasteiger partial charge in [0.2, 0.25) is 0 Å². The fourth-order valence-electron chi connectivity index (χ4n) is 3.76. The second-order valence-electron chi connectivity index (χ2n) is 7.34. The Morgan fingerprint density at radius 1 is 1.33 bits per heavy atom. The van der Waals surface area contributed by atoms with Crippen molar-refractivity contribution in [3.8, 4) is 11.5 Å². The molecule has 1 aromatic rings. The number of rotatable bonds is 7. The molecule has 1 unspecified atom stereocenters. The summed E-state index contributed by atoms with van der Waals surface area (Å²) in [5, 5.41) is 30.6. The van der Waals surface area contributed by atoms with E-state index in [4.69, 9.17) is 9.84 Å². The topological polar surface area (TPSA) is 87.0 Å². The molecule has 1 aliphatic rings. The summed E-state index contributed by atoms with van der Waals surface area (Å²) in [6.45, 7) is 9.60. The molecule has 0 bridgehead atoms. The Bertz CT molecular complexity index is 748. The number of benzene rings is 1. The molecule has 1 aromatic carbocycles. The van der Waals surface area contributed by atoms with Crippen LogP contribution in [0.15, 0.2) is 24.3 Å². The maximum absolute atomic E-state index is 12.5. The lowest BCUT2D eigenvalue weighted by molar-refractivity contribution is 0.0429. The first kappa shape index (κ1) is 21.0. The fourth-order valence-corrected chi connectivity index (χ4v) is 3.76. The summed E-state index contributed by atoms with van der Waals surface area (Å²) in [5.74, 6) is -0.678. The van der Waals surface area contributed by atoms with Gasteiger partial charge in [-0.3, -0.25) is 0 Å². The van der Waals surface area contributed by atoms with E-state index in [1.807, 2.05) is 19.9 Å². The van der Waals surface area contributed by atoms with Crippen LogP contribution in [0.1, 0.15) is 61.5 Å². The van der Waals surface area contributed by atoms with Gasteiger partial charge in [0.15, 0.2) is 0 Å². The third kappa shape index (κ3) is 4.53. The standard InChI is InChI=1S/C22H30O5/c1-5-6-15-12-18(24)20(21(25)19(15)22(26)27-10-9-23)17-11-14(4)7-8-16(17)13(2)3/h11-12,14,16,23-25H,2,5-10H2,1,3-4H3/t14?,16-/m0/s1. The summed E-state index contributed by atoms with van der Waals surface area (Å²) < 4.78 is 5.06. The van der Waals surface area contributed by atoms with E-state index in [-0.39, 0.29) is 41.8 Å². The van der Waals surface area contributed by atoms with E-state index >= 15 is 0 Å². The smallest absolute Gasteiger partial charge is 0.342 e. The van der Waals surface area contributed by atoms with Gasteiger partial charge >= 0.3 is 5.97 Å². The molecule has 0 spiro atoms. The van der Waals surface area contributed by atoms with Gasteiger partial charge in [0, 0.05) is 5.92 Å². The molecule has 1 aliphatic carbocycles. The van der Waals surface area contributed by atoms with Crippen LogP contribution in [0.4, 0.5) is 0 Å². The summed E-state index contributed by atoms with van der Waals surface area (Å²) in [5.41, 5.74) is 2.64. The molecular formula is C22H30O5. The Balaban J connectivity index is 2.66. The van der Waals surface area contributed by atoms with Gasteiger partial charge < -0.3 is 20.1 Å². The molecule has 0 saturated carbocycles. The minimum absolute atomic E-state index is 0.0105. The van der Waals surface area contributed by atoms with Gasteiger partial charge in [-0.15, -0.1) is 0 Å². The van der Waals surface area contributed by atoms with Gasteiger partial charge in [-0.25, -0.2) is 4.79 Å². The molecule has 0 radical (unpaired) electrons. The number of allylic oxidation sites excluding steroid dienone is 3. The van der Waals surface area contributed by atoms with E-state index in [1.54, 1.807) is 6.07 Å². The van der Waals surface area contributed by atoms with Crippen LogP contribution in [0.3, 0.4) is 0 Å². The molecule has 5 heteroatoms. The van der Waals surface area contributed by atoms with Crippen molar-refractivity contribution >= 4 is 11.5 Å². The lowest BCUT2D eigenvalue weighted by atomic mass is 9.76. The van der Waals surface area contributed by atoms with Crippen molar-refractivity contribution in [2.75, 3.05) is 13.2 Å². The monoisotopic (exact) mass is 374 g/mol. The highest BCUT2D eigenvalue weighted by atomic mass is 16.5. The average molecular weight is 374 g/mol. The lowest BCUT2D eigenvalue weighted by Crippen LogP contribution is -2.16. The molecule has 0 amide bonds. The molecule has 2 atom stereocenters. The van der Waals surface area contributed by atoms with E-state index in [2.05, 4.69) is 13.5 Å². The molecule has 0 aromatic heterocycles. The number of carbonyl (C=O) groups is 1. The zero-order valence-electron chi connectivity index (χ0n) is 16.4. The van der Waals surface area contributed by atoms with Crippen LogP contribution in [-0.4, -0.2) is 34.5 Å². The van der Waals surface area contributed by atoms with Gasteiger partial charge in [0.25, 0.3) is 0 Å². The van der Waals surface area contributed by atoms with E-state index in [9.17, 15) is 15.0 Å². The Hall–Kier alpha value is -2.27. The zero-order chi connectivity index (χ0) is 20.1. The molecule has 27 heavy (non-hydrogen) atoms. The molecule has 2 rings (SSSR count). The number of aryl methyl sites for hydroxylation is 1. The van der Waals surface area contributed by atoms with Crippen molar-refractivity contribution in [3.63, 3.8) is 0 Å². The van der Waals surface area contributed by atoms with Gasteiger partial charge in [-0.05, 0) is 49.3 Å². The van der Waals surface area contributed by atoms with Gasteiger partial charge in [-0.2, -0.15) is 0 Å². The first-order valence-corrected chi connectivity index (χ1v) is 9.55. The van der Waals surface area contributed by atoms with Gasteiger partial charge in [0.1, 0.15) is 23.7 Å². The second-order valence-corrected chi connectivity index (χ2v) is 7.34. The fraction of sp³-hybridized carbons (Fsp3) is 0.500. The maximum Gasteiger partial charge on any atom is 0.342 e. The van der Waals surface area contributed by atoms with Crippen molar-refractivity contribution in [2.24, 2.45) is 11.8 Å². The summed E-state index contributed by atoms with van der Waals surface area (Å²) in [6.07, 6.45) is 5.18. The number of aliphatic hydroxyl groups is 1. The Morgan fingerprint density at radius 2 is 2.04 bits per heavy atom. The van der Waals surface area contributed by atoms with Crippen LogP contribution in [0.5, 0.6) is 11.5 Å². The lowest BCUT2D eigenvalue weighted by Gasteiger charge is -2.29. The largest absolute Gasteiger partial charge is 0.507 e. The highest BCUT2D eigenvalue weighted by Crippen LogP contribution is 2.47. The maximum atomic E-state index is 12.5. The van der Waals surface area contributed by atoms with Crippen LogP contribution < -0.4 is 0 Å². The molecule has 0 heterocycles. The second kappa shape index (κ2) is 9.09. The molecule has 5 nitrogen and oxygen atoms in total. The first-order valence-electron chi connectivity index (χ1n) is 9.55.